The summed E-state index contributed by atoms with van der Waals surface area (Å²) < 4.78 is 0. The van der Waals surface area contributed by atoms with Crippen LogP contribution in [0.1, 0.15) is 51.4 Å². The molecule has 0 radical (unpaired) electrons. The molecule has 3 aliphatic rings. The van der Waals surface area contributed by atoms with E-state index in [1.54, 1.807) is 0 Å². The molecule has 1 saturated carbocycles. The highest BCUT2D eigenvalue weighted by Gasteiger charge is 2.52. The molecule has 1 N–H and O–H groups in total. The van der Waals surface area contributed by atoms with Crippen molar-refractivity contribution in [3.8, 4) is 0 Å². The van der Waals surface area contributed by atoms with E-state index in [0.29, 0.717) is 19.5 Å². The summed E-state index contributed by atoms with van der Waals surface area (Å²) >= 11 is 0. The second-order valence-corrected chi connectivity index (χ2v) is 7.75. The Balaban J connectivity index is 1.81. The molecule has 2 fully saturated rings. The Hall–Kier alpha value is -0.920. The Labute approximate surface area is 134 Å². The molecule has 22 heavy (non-hydrogen) atoms. The van der Waals surface area contributed by atoms with E-state index in [0.717, 1.165) is 45.9 Å². The minimum atomic E-state index is -0.736. The van der Waals surface area contributed by atoms with Gasteiger partial charge in [-0.05, 0) is 43.5 Å². The van der Waals surface area contributed by atoms with Gasteiger partial charge in [0.25, 0.3) is 0 Å². The summed E-state index contributed by atoms with van der Waals surface area (Å²) in [5.74, 6) is 2.19. The predicted molar refractivity (Wildman–Crippen MR) is 92.2 cm³/mol. The van der Waals surface area contributed by atoms with Gasteiger partial charge >= 0.3 is 0 Å². The standard InChI is InChI=1S/C18H26NO2P/c1-22-13-15-11-16(20)19(12-15)14-18(21)10-4-2-3-7-17(18)8-5-6-9-17/h2-3,13,21H,1,4-12,14H2/b15-13+/t18-/m1/s1. The molecule has 1 amide bonds. The molecule has 2 aliphatic carbocycles. The van der Waals surface area contributed by atoms with E-state index in [9.17, 15) is 9.90 Å². The highest BCUT2D eigenvalue weighted by atomic mass is 31.1. The van der Waals surface area contributed by atoms with Gasteiger partial charge in [-0.1, -0.05) is 39.5 Å². The molecule has 4 heteroatoms. The van der Waals surface area contributed by atoms with Gasteiger partial charge in [-0.2, -0.15) is 0 Å². The first-order chi connectivity index (χ1) is 10.6. The number of hydrogen-bond donors (Lipinski definition) is 1. The highest BCUT2D eigenvalue weighted by molar-refractivity contribution is 7.40. The van der Waals surface area contributed by atoms with Gasteiger partial charge < -0.3 is 10.0 Å². The van der Waals surface area contributed by atoms with Crippen molar-refractivity contribution in [1.82, 2.24) is 4.90 Å². The van der Waals surface area contributed by atoms with E-state index in [2.05, 4.69) is 18.5 Å². The Morgan fingerprint density at radius 1 is 1.32 bits per heavy atom. The number of nitrogens with zero attached hydrogens (tertiary/aromatic N) is 1. The zero-order valence-electron chi connectivity index (χ0n) is 13.3. The largest absolute Gasteiger partial charge is 0.387 e. The Kier molecular flexibility index (Phi) is 4.56. The van der Waals surface area contributed by atoms with Crippen molar-refractivity contribution in [2.75, 3.05) is 13.1 Å². The van der Waals surface area contributed by atoms with Crippen molar-refractivity contribution in [2.24, 2.45) is 5.41 Å². The van der Waals surface area contributed by atoms with Crippen LogP contribution >= 0.6 is 8.20 Å². The van der Waals surface area contributed by atoms with Crippen LogP contribution in [-0.4, -0.2) is 40.9 Å². The molecule has 1 heterocycles. The molecule has 0 bridgehead atoms. The SMILES string of the molecule is C=P/C=C1\CC(=O)N(C[C@]2(O)CCC=CCC23CCCC3)C1. The van der Waals surface area contributed by atoms with Crippen LogP contribution in [0.4, 0.5) is 0 Å². The average molecular weight is 319 g/mol. The van der Waals surface area contributed by atoms with Crippen molar-refractivity contribution in [3.63, 3.8) is 0 Å². The van der Waals surface area contributed by atoms with Gasteiger partial charge in [0.15, 0.2) is 0 Å². The fourth-order valence-electron chi connectivity index (χ4n) is 4.54. The van der Waals surface area contributed by atoms with Crippen LogP contribution in [0.2, 0.25) is 0 Å². The number of hydrogen-bond acceptors (Lipinski definition) is 2. The van der Waals surface area contributed by atoms with Crippen LogP contribution in [0.25, 0.3) is 0 Å². The third-order valence-electron chi connectivity index (χ3n) is 5.80. The van der Waals surface area contributed by atoms with E-state index in [1.807, 2.05) is 10.7 Å². The summed E-state index contributed by atoms with van der Waals surface area (Å²) in [4.78, 5) is 14.2. The maximum absolute atomic E-state index is 12.3. The monoisotopic (exact) mass is 319 g/mol. The Morgan fingerprint density at radius 2 is 2.09 bits per heavy atom. The van der Waals surface area contributed by atoms with E-state index in [1.165, 1.54) is 12.8 Å². The van der Waals surface area contributed by atoms with Gasteiger partial charge in [0.05, 0.1) is 18.6 Å². The van der Waals surface area contributed by atoms with Crippen LogP contribution in [0.5, 0.6) is 0 Å². The number of likely N-dealkylation sites (tertiary alicyclic amines) is 1. The molecule has 1 spiro atoms. The molecule has 1 atom stereocenters. The van der Waals surface area contributed by atoms with Crippen molar-refractivity contribution >= 4 is 20.4 Å². The summed E-state index contributed by atoms with van der Waals surface area (Å²) in [7, 11) is 0.956. The number of carbonyl (C=O) groups excluding carboxylic acids is 1. The molecule has 3 rings (SSSR count). The summed E-state index contributed by atoms with van der Waals surface area (Å²) in [6.07, 6.45) is 16.0. The fraction of sp³-hybridized carbons (Fsp3) is 0.667. The minimum Gasteiger partial charge on any atom is -0.387 e. The first kappa shape index (κ1) is 16.0. The van der Waals surface area contributed by atoms with Crippen molar-refractivity contribution in [2.45, 2.75) is 57.0 Å². The molecule has 0 aromatic carbocycles. The lowest BCUT2D eigenvalue weighted by Crippen LogP contribution is -2.54. The Bertz CT molecular complexity index is 519. The molecular weight excluding hydrogens is 293 g/mol. The maximum atomic E-state index is 12.3. The van der Waals surface area contributed by atoms with Crippen LogP contribution in [0.3, 0.4) is 0 Å². The second kappa shape index (κ2) is 6.29. The van der Waals surface area contributed by atoms with Crippen molar-refractivity contribution < 1.29 is 9.90 Å². The van der Waals surface area contributed by atoms with Crippen LogP contribution in [0.15, 0.2) is 23.5 Å². The van der Waals surface area contributed by atoms with E-state index >= 15 is 0 Å². The molecule has 1 saturated heterocycles. The van der Waals surface area contributed by atoms with Crippen molar-refractivity contribution in [3.05, 3.63) is 23.5 Å². The first-order valence-electron chi connectivity index (χ1n) is 8.38. The number of allylic oxidation sites excluding steroid dienone is 2. The molecule has 0 unspecified atom stereocenters. The van der Waals surface area contributed by atoms with Crippen LogP contribution in [0, 0.1) is 5.41 Å². The van der Waals surface area contributed by atoms with Gasteiger partial charge in [0.2, 0.25) is 5.91 Å². The molecule has 1 aliphatic heterocycles. The smallest absolute Gasteiger partial charge is 0.227 e. The van der Waals surface area contributed by atoms with Gasteiger partial charge in [-0.25, -0.2) is 0 Å². The third kappa shape index (κ3) is 2.81. The average Bonchev–Trinajstić information content (AvgIpc) is 3.04. The van der Waals surface area contributed by atoms with E-state index < -0.39 is 5.60 Å². The lowest BCUT2D eigenvalue weighted by atomic mass is 9.67. The number of amides is 1. The molecular formula is C18H26NO2P. The normalized spacial score (nSPS) is 33.2. The summed E-state index contributed by atoms with van der Waals surface area (Å²) in [5, 5.41) is 11.5. The lowest BCUT2D eigenvalue weighted by Gasteiger charge is -2.46. The second-order valence-electron chi connectivity index (χ2n) is 7.13. The van der Waals surface area contributed by atoms with Gasteiger partial charge in [0, 0.05) is 12.0 Å². The molecule has 3 nitrogen and oxygen atoms in total. The number of carbonyl (C=O) groups is 1. The zero-order valence-corrected chi connectivity index (χ0v) is 14.2. The first-order valence-corrected chi connectivity index (χ1v) is 9.52. The van der Waals surface area contributed by atoms with Gasteiger partial charge in [-0.3, -0.25) is 4.79 Å². The molecule has 120 valence electrons. The molecule has 0 aromatic heterocycles. The van der Waals surface area contributed by atoms with Crippen LogP contribution in [-0.2, 0) is 4.79 Å². The van der Waals surface area contributed by atoms with E-state index in [-0.39, 0.29) is 11.3 Å². The van der Waals surface area contributed by atoms with Gasteiger partial charge in [-0.15, -0.1) is 0 Å². The summed E-state index contributed by atoms with van der Waals surface area (Å²) in [5.41, 5.74) is 0.398. The summed E-state index contributed by atoms with van der Waals surface area (Å²) in [6.45, 7) is 1.17. The molecule has 0 aromatic rings. The van der Waals surface area contributed by atoms with E-state index in [4.69, 9.17) is 0 Å². The maximum Gasteiger partial charge on any atom is 0.227 e. The summed E-state index contributed by atoms with van der Waals surface area (Å²) in [6, 6.07) is 0. The minimum absolute atomic E-state index is 0.0166. The van der Waals surface area contributed by atoms with Gasteiger partial charge in [0.1, 0.15) is 0 Å². The quantitative estimate of drug-likeness (QED) is 0.639. The fourth-order valence-corrected chi connectivity index (χ4v) is 4.97. The van der Waals surface area contributed by atoms with Crippen molar-refractivity contribution in [1.29, 1.82) is 0 Å². The Morgan fingerprint density at radius 3 is 2.82 bits per heavy atom. The lowest BCUT2D eigenvalue weighted by molar-refractivity contribution is -0.139. The third-order valence-corrected chi connectivity index (χ3v) is 6.35. The predicted octanol–water partition coefficient (Wildman–Crippen LogP) is 3.51. The number of rotatable bonds is 3. The number of aliphatic hydroxyl groups is 1. The highest BCUT2D eigenvalue weighted by Crippen LogP contribution is 2.53. The number of β-amino-alcohol motifs (C(OH)–C–C–N with tert-alkyl or cyclic N) is 1. The van der Waals surface area contributed by atoms with Crippen LogP contribution < -0.4 is 0 Å². The topological polar surface area (TPSA) is 40.5 Å². The zero-order chi connectivity index (χ0) is 15.6.